The quantitative estimate of drug-likeness (QED) is 0.160. The Balaban J connectivity index is 0.876. The fourth-order valence-electron chi connectivity index (χ4n) is 10.4. The van der Waals surface area contributed by atoms with Crippen molar-refractivity contribution in [2.75, 3.05) is 0 Å². The van der Waals surface area contributed by atoms with Gasteiger partial charge in [-0.3, -0.25) is 0 Å². The topological polar surface area (TPSA) is 25.8 Å². The monoisotopic (exact) mass is 856 g/mol. The lowest BCUT2D eigenvalue weighted by Gasteiger charge is -2.34. The van der Waals surface area contributed by atoms with Crippen molar-refractivity contribution in [2.45, 2.75) is 5.41 Å². The van der Waals surface area contributed by atoms with Crippen LogP contribution in [0.4, 0.5) is 0 Å². The van der Waals surface area contributed by atoms with Gasteiger partial charge in [-0.05, 0) is 109 Å². The Bertz CT molecular complexity index is 3760. The summed E-state index contributed by atoms with van der Waals surface area (Å²) in [5.74, 6) is 0.700. The number of aromatic nitrogens is 2. The molecular formula is C63H40N2S. The summed E-state index contributed by atoms with van der Waals surface area (Å²) in [5.41, 5.74) is 16.7. The van der Waals surface area contributed by atoms with Gasteiger partial charge in [-0.15, -0.1) is 11.3 Å². The van der Waals surface area contributed by atoms with E-state index in [2.05, 4.69) is 237 Å². The fourth-order valence-corrected chi connectivity index (χ4v) is 11.5. The summed E-state index contributed by atoms with van der Waals surface area (Å²) >= 11 is 1.86. The average Bonchev–Trinajstić information content (AvgIpc) is 3.92. The first-order valence-electron chi connectivity index (χ1n) is 22.5. The molecular weight excluding hydrogens is 817 g/mol. The van der Waals surface area contributed by atoms with Crippen LogP contribution in [0, 0.1) is 0 Å². The van der Waals surface area contributed by atoms with Gasteiger partial charge in [0.1, 0.15) is 0 Å². The Morgan fingerprint density at radius 3 is 1.55 bits per heavy atom. The minimum absolute atomic E-state index is 0.502. The van der Waals surface area contributed by atoms with Crippen LogP contribution in [-0.4, -0.2) is 9.97 Å². The second kappa shape index (κ2) is 15.5. The molecule has 2 aromatic heterocycles. The SMILES string of the molecule is c1ccc(-c2nc(-c3ccc(-c4ccc5cc(-c6ccc7sc8ccccc8c7c6)ccc5c4)cc3)cc(-c3ccc4c(c3)C(c3ccccc3)(c3ccccc3)c3ccccc3-4)n2)cc1. The molecule has 0 radical (unpaired) electrons. The molecule has 3 heteroatoms. The molecule has 0 saturated heterocycles. The van der Waals surface area contributed by atoms with E-state index in [9.17, 15) is 0 Å². The minimum Gasteiger partial charge on any atom is -0.228 e. The zero-order valence-electron chi connectivity index (χ0n) is 35.9. The second-order valence-corrected chi connectivity index (χ2v) is 18.4. The van der Waals surface area contributed by atoms with E-state index in [1.165, 1.54) is 81.0 Å². The predicted octanol–water partition coefficient (Wildman–Crippen LogP) is 16.7. The van der Waals surface area contributed by atoms with E-state index in [4.69, 9.17) is 9.97 Å². The maximum Gasteiger partial charge on any atom is 0.160 e. The van der Waals surface area contributed by atoms with Crippen LogP contribution in [-0.2, 0) is 5.41 Å². The molecule has 66 heavy (non-hydrogen) atoms. The molecule has 12 aromatic rings. The first kappa shape index (κ1) is 38.2. The van der Waals surface area contributed by atoms with Crippen molar-refractivity contribution < 1.29 is 0 Å². The Kier molecular flexibility index (Phi) is 8.97. The molecule has 0 atom stereocenters. The van der Waals surface area contributed by atoms with E-state index < -0.39 is 5.41 Å². The number of benzene rings is 10. The molecule has 0 bridgehead atoms. The molecule has 1 aliphatic rings. The van der Waals surface area contributed by atoms with Crippen LogP contribution in [0.25, 0.3) is 98.2 Å². The third-order valence-electron chi connectivity index (χ3n) is 13.6. The van der Waals surface area contributed by atoms with Crippen molar-refractivity contribution >= 4 is 42.3 Å². The maximum atomic E-state index is 5.30. The summed E-state index contributed by atoms with van der Waals surface area (Å²) in [6.07, 6.45) is 0. The molecule has 0 amide bonds. The van der Waals surface area contributed by atoms with E-state index in [-0.39, 0.29) is 0 Å². The van der Waals surface area contributed by atoms with E-state index in [0.29, 0.717) is 5.82 Å². The van der Waals surface area contributed by atoms with Gasteiger partial charge in [0.15, 0.2) is 5.82 Å². The summed E-state index contributed by atoms with van der Waals surface area (Å²) < 4.78 is 2.66. The van der Waals surface area contributed by atoms with E-state index in [1.54, 1.807) is 0 Å². The number of nitrogens with zero attached hydrogens (tertiary/aromatic N) is 2. The first-order chi connectivity index (χ1) is 32.7. The van der Waals surface area contributed by atoms with Gasteiger partial charge in [-0.1, -0.05) is 200 Å². The van der Waals surface area contributed by atoms with Crippen LogP contribution in [0.3, 0.4) is 0 Å². The first-order valence-corrected chi connectivity index (χ1v) is 23.4. The van der Waals surface area contributed by atoms with Crippen LogP contribution in [0.2, 0.25) is 0 Å². The number of fused-ring (bicyclic) bond motifs is 7. The predicted molar refractivity (Wildman–Crippen MR) is 277 cm³/mol. The lowest BCUT2D eigenvalue weighted by Crippen LogP contribution is -2.28. The number of hydrogen-bond donors (Lipinski definition) is 0. The molecule has 0 fully saturated rings. The molecule has 0 aliphatic heterocycles. The smallest absolute Gasteiger partial charge is 0.160 e. The molecule has 0 unspecified atom stereocenters. The second-order valence-electron chi connectivity index (χ2n) is 17.3. The zero-order chi connectivity index (χ0) is 43.6. The summed E-state index contributed by atoms with van der Waals surface area (Å²) in [6, 6.07) is 88.2. The van der Waals surface area contributed by atoms with Gasteiger partial charge in [-0.2, -0.15) is 0 Å². The van der Waals surface area contributed by atoms with Crippen molar-refractivity contribution in [3.8, 4) is 67.3 Å². The van der Waals surface area contributed by atoms with Crippen molar-refractivity contribution in [2.24, 2.45) is 0 Å². The highest BCUT2D eigenvalue weighted by molar-refractivity contribution is 7.25. The van der Waals surface area contributed by atoms with Gasteiger partial charge >= 0.3 is 0 Å². The van der Waals surface area contributed by atoms with Gasteiger partial charge in [0, 0.05) is 36.9 Å². The summed E-state index contributed by atoms with van der Waals surface area (Å²) in [4.78, 5) is 10.5. The molecule has 0 saturated carbocycles. The summed E-state index contributed by atoms with van der Waals surface area (Å²) in [5, 5.41) is 5.10. The van der Waals surface area contributed by atoms with E-state index >= 15 is 0 Å². The van der Waals surface area contributed by atoms with Gasteiger partial charge in [0.25, 0.3) is 0 Å². The largest absolute Gasteiger partial charge is 0.228 e. The average molecular weight is 857 g/mol. The fraction of sp³-hybridized carbons (Fsp3) is 0.0159. The standard InChI is InChI=1S/C63H40N2S/c1-4-14-43(15-5-1)62-64-58(40-59(65-62)49-32-34-53-52-20-10-12-22-56(52)63(57(53)39-49,50-16-6-2-7-17-50)51-18-8-3-9-19-51)42-26-24-41(25-27-42)44-28-29-46-37-47(31-30-45(46)36-44)48-33-35-61-55(38-48)54-21-11-13-23-60(54)66-61/h1-40H. The van der Waals surface area contributed by atoms with Crippen LogP contribution in [0.15, 0.2) is 243 Å². The number of thiophene rings is 1. The van der Waals surface area contributed by atoms with Crippen LogP contribution >= 0.6 is 11.3 Å². The minimum atomic E-state index is -0.502. The van der Waals surface area contributed by atoms with Gasteiger partial charge in [0.05, 0.1) is 16.8 Å². The van der Waals surface area contributed by atoms with Crippen LogP contribution < -0.4 is 0 Å². The van der Waals surface area contributed by atoms with Crippen molar-refractivity contribution in [3.05, 3.63) is 265 Å². The number of hydrogen-bond acceptors (Lipinski definition) is 3. The van der Waals surface area contributed by atoms with Crippen LogP contribution in [0.5, 0.6) is 0 Å². The maximum absolute atomic E-state index is 5.30. The third kappa shape index (κ3) is 6.23. The van der Waals surface area contributed by atoms with Gasteiger partial charge in [-0.25, -0.2) is 9.97 Å². The molecule has 1 aliphatic carbocycles. The molecule has 10 aromatic carbocycles. The highest BCUT2D eigenvalue weighted by Crippen LogP contribution is 2.56. The normalized spacial score (nSPS) is 12.7. The Morgan fingerprint density at radius 2 is 0.818 bits per heavy atom. The highest BCUT2D eigenvalue weighted by Gasteiger charge is 2.46. The Morgan fingerprint density at radius 1 is 0.303 bits per heavy atom. The van der Waals surface area contributed by atoms with Crippen LogP contribution in [0.1, 0.15) is 22.3 Å². The zero-order valence-corrected chi connectivity index (χ0v) is 36.7. The lowest BCUT2D eigenvalue weighted by molar-refractivity contribution is 0.768. The van der Waals surface area contributed by atoms with Crippen molar-refractivity contribution in [1.82, 2.24) is 9.97 Å². The Labute approximate surface area is 387 Å². The van der Waals surface area contributed by atoms with Crippen molar-refractivity contribution in [1.29, 1.82) is 0 Å². The third-order valence-corrected chi connectivity index (χ3v) is 14.7. The van der Waals surface area contributed by atoms with Crippen molar-refractivity contribution in [3.63, 3.8) is 0 Å². The van der Waals surface area contributed by atoms with Gasteiger partial charge < -0.3 is 0 Å². The molecule has 0 spiro atoms. The number of rotatable bonds is 7. The molecule has 308 valence electrons. The molecule has 13 rings (SSSR count). The van der Waals surface area contributed by atoms with Gasteiger partial charge in [0.2, 0.25) is 0 Å². The lowest BCUT2D eigenvalue weighted by atomic mass is 9.67. The molecule has 2 heterocycles. The molecule has 0 N–H and O–H groups in total. The van der Waals surface area contributed by atoms with E-state index in [0.717, 1.165) is 33.6 Å². The Hall–Kier alpha value is -8.24. The highest BCUT2D eigenvalue weighted by atomic mass is 32.1. The molecule has 2 nitrogen and oxygen atoms in total. The van der Waals surface area contributed by atoms with E-state index in [1.807, 2.05) is 17.4 Å². The summed E-state index contributed by atoms with van der Waals surface area (Å²) in [6.45, 7) is 0. The summed E-state index contributed by atoms with van der Waals surface area (Å²) in [7, 11) is 0.